The molecule has 0 atom stereocenters. The van der Waals surface area contributed by atoms with Crippen molar-refractivity contribution >= 4 is 71.3 Å². The molecule has 2 nitrogen and oxygen atoms in total. The molecule has 0 radical (unpaired) electrons. The Balaban J connectivity index is 1.06. The van der Waals surface area contributed by atoms with Crippen LogP contribution in [-0.2, 0) is 0 Å². The Morgan fingerprint density at radius 2 is 0.821 bits per heavy atom. The van der Waals surface area contributed by atoms with Gasteiger partial charge in [0.2, 0.25) is 0 Å². The average molecular weight is 714 g/mol. The molecule has 0 bridgehead atoms. The maximum atomic E-state index is 6.26. The van der Waals surface area contributed by atoms with Crippen molar-refractivity contribution < 1.29 is 4.42 Å². The van der Waals surface area contributed by atoms with Gasteiger partial charge in [-0.1, -0.05) is 152 Å². The number of fused-ring (bicyclic) bond motifs is 7. The predicted octanol–water partition coefficient (Wildman–Crippen LogP) is 15.5. The van der Waals surface area contributed by atoms with Gasteiger partial charge in [0.1, 0.15) is 11.2 Å². The zero-order valence-electron chi connectivity index (χ0n) is 30.6. The number of para-hydroxylation sites is 2. The van der Waals surface area contributed by atoms with Crippen LogP contribution >= 0.6 is 0 Å². The molecule has 0 aliphatic heterocycles. The second-order valence-corrected chi connectivity index (χ2v) is 14.5. The highest BCUT2D eigenvalue weighted by atomic mass is 16.3. The highest BCUT2D eigenvalue weighted by Crippen LogP contribution is 2.45. The molecule has 0 aliphatic rings. The first kappa shape index (κ1) is 32.0. The third kappa shape index (κ3) is 5.42. The molecule has 0 saturated carbocycles. The highest BCUT2D eigenvalue weighted by Gasteiger charge is 2.20. The van der Waals surface area contributed by atoms with Crippen molar-refractivity contribution in [3.8, 4) is 33.4 Å². The second-order valence-electron chi connectivity index (χ2n) is 14.5. The molecular formula is C54H35NO. The van der Waals surface area contributed by atoms with Crippen molar-refractivity contribution in [2.45, 2.75) is 0 Å². The molecular weight excluding hydrogens is 679 g/mol. The lowest BCUT2D eigenvalue weighted by atomic mass is 9.92. The quantitative estimate of drug-likeness (QED) is 0.160. The molecule has 0 N–H and O–H groups in total. The first-order chi connectivity index (χ1) is 27.7. The third-order valence-corrected chi connectivity index (χ3v) is 11.2. The molecule has 0 aliphatic carbocycles. The van der Waals surface area contributed by atoms with Crippen LogP contribution < -0.4 is 4.90 Å². The van der Waals surface area contributed by atoms with Crippen LogP contribution in [0.4, 0.5) is 17.1 Å². The topological polar surface area (TPSA) is 16.4 Å². The van der Waals surface area contributed by atoms with E-state index < -0.39 is 0 Å². The average Bonchev–Trinajstić information content (AvgIpc) is 3.65. The van der Waals surface area contributed by atoms with Gasteiger partial charge < -0.3 is 9.32 Å². The number of anilines is 3. The largest absolute Gasteiger partial charge is 0.456 e. The summed E-state index contributed by atoms with van der Waals surface area (Å²) < 4.78 is 6.26. The van der Waals surface area contributed by atoms with Gasteiger partial charge in [0.25, 0.3) is 0 Å². The normalized spacial score (nSPS) is 11.6. The minimum absolute atomic E-state index is 0.900. The third-order valence-electron chi connectivity index (χ3n) is 11.2. The SMILES string of the molecule is c1ccc(N(c2ccc(-c3ccc4ccccc4c3)cc2)c2ccc(-c3ccc4c(c3)oc3ccccc34)cc2)c(-c2cc3ccccc3c3ccccc23)c1. The van der Waals surface area contributed by atoms with Crippen LogP contribution in [0.1, 0.15) is 0 Å². The van der Waals surface area contributed by atoms with Crippen LogP contribution in [0.5, 0.6) is 0 Å². The zero-order chi connectivity index (χ0) is 37.0. The summed E-state index contributed by atoms with van der Waals surface area (Å²) in [6, 6.07) is 76.6. The van der Waals surface area contributed by atoms with Gasteiger partial charge in [-0.25, -0.2) is 0 Å². The molecule has 11 rings (SSSR count). The fraction of sp³-hybridized carbons (Fsp3) is 0. The molecule has 262 valence electrons. The molecule has 0 fully saturated rings. The van der Waals surface area contributed by atoms with Gasteiger partial charge in [0.05, 0.1) is 5.69 Å². The molecule has 0 amide bonds. The van der Waals surface area contributed by atoms with Gasteiger partial charge in [-0.15, -0.1) is 0 Å². The Hall–Kier alpha value is -7.42. The molecule has 11 aromatic rings. The minimum atomic E-state index is 0.900. The number of nitrogens with zero attached hydrogens (tertiary/aromatic N) is 1. The monoisotopic (exact) mass is 713 g/mol. The zero-order valence-corrected chi connectivity index (χ0v) is 30.6. The lowest BCUT2D eigenvalue weighted by Gasteiger charge is -2.28. The summed E-state index contributed by atoms with van der Waals surface area (Å²) in [5.41, 5.74) is 12.1. The van der Waals surface area contributed by atoms with Crippen LogP contribution in [0.15, 0.2) is 217 Å². The van der Waals surface area contributed by atoms with E-state index in [0.29, 0.717) is 0 Å². The number of hydrogen-bond donors (Lipinski definition) is 0. The standard InChI is InChI=1S/C54H35NO/c1-2-12-39-33-40(22-21-36(39)11-1)37-23-28-43(29-24-37)55(44-30-25-38(26-31-44)41-27-32-50-49-18-8-10-20-53(49)56-54(50)35-41)52-19-9-7-17-48(52)51-34-42-13-3-4-14-45(42)46-15-5-6-16-47(46)51/h1-35H. The maximum Gasteiger partial charge on any atom is 0.136 e. The first-order valence-corrected chi connectivity index (χ1v) is 19.2. The number of rotatable bonds is 6. The lowest BCUT2D eigenvalue weighted by Crippen LogP contribution is -2.11. The van der Waals surface area contributed by atoms with Crippen molar-refractivity contribution in [2.75, 3.05) is 4.90 Å². The van der Waals surface area contributed by atoms with Crippen LogP contribution in [0.25, 0.3) is 87.6 Å². The molecule has 1 aromatic heterocycles. The van der Waals surface area contributed by atoms with Gasteiger partial charge in [0, 0.05) is 27.7 Å². The van der Waals surface area contributed by atoms with E-state index in [9.17, 15) is 0 Å². The Bertz CT molecular complexity index is 3250. The summed E-state index contributed by atoms with van der Waals surface area (Å²) in [6.45, 7) is 0. The molecule has 0 unspecified atom stereocenters. The van der Waals surface area contributed by atoms with E-state index in [0.717, 1.165) is 50.1 Å². The molecule has 10 aromatic carbocycles. The number of hydrogen-bond acceptors (Lipinski definition) is 2. The van der Waals surface area contributed by atoms with Crippen molar-refractivity contribution in [3.63, 3.8) is 0 Å². The van der Waals surface area contributed by atoms with Gasteiger partial charge in [-0.2, -0.15) is 0 Å². The summed E-state index contributed by atoms with van der Waals surface area (Å²) in [4.78, 5) is 2.40. The highest BCUT2D eigenvalue weighted by molar-refractivity contribution is 6.15. The van der Waals surface area contributed by atoms with E-state index in [4.69, 9.17) is 4.42 Å². The van der Waals surface area contributed by atoms with Gasteiger partial charge in [0.15, 0.2) is 0 Å². The first-order valence-electron chi connectivity index (χ1n) is 19.2. The van der Waals surface area contributed by atoms with E-state index in [1.807, 2.05) is 12.1 Å². The van der Waals surface area contributed by atoms with Crippen molar-refractivity contribution in [2.24, 2.45) is 0 Å². The van der Waals surface area contributed by atoms with E-state index in [-0.39, 0.29) is 0 Å². The lowest BCUT2D eigenvalue weighted by molar-refractivity contribution is 0.669. The Morgan fingerprint density at radius 3 is 1.59 bits per heavy atom. The number of benzene rings is 10. The summed E-state index contributed by atoms with van der Waals surface area (Å²) in [7, 11) is 0. The van der Waals surface area contributed by atoms with Crippen LogP contribution in [0.2, 0.25) is 0 Å². The second kappa shape index (κ2) is 13.2. The van der Waals surface area contributed by atoms with Crippen molar-refractivity contribution in [1.29, 1.82) is 0 Å². The summed E-state index contributed by atoms with van der Waals surface area (Å²) in [5.74, 6) is 0. The van der Waals surface area contributed by atoms with Gasteiger partial charge in [-0.3, -0.25) is 0 Å². The summed E-state index contributed by atoms with van der Waals surface area (Å²) >= 11 is 0. The van der Waals surface area contributed by atoms with E-state index in [2.05, 4.69) is 205 Å². The van der Waals surface area contributed by atoms with E-state index in [1.165, 1.54) is 54.6 Å². The Morgan fingerprint density at radius 1 is 0.286 bits per heavy atom. The smallest absolute Gasteiger partial charge is 0.136 e. The fourth-order valence-electron chi connectivity index (χ4n) is 8.48. The van der Waals surface area contributed by atoms with Crippen molar-refractivity contribution in [1.82, 2.24) is 0 Å². The van der Waals surface area contributed by atoms with Crippen molar-refractivity contribution in [3.05, 3.63) is 212 Å². The Labute approximate surface area is 325 Å². The fourth-order valence-corrected chi connectivity index (χ4v) is 8.48. The molecule has 56 heavy (non-hydrogen) atoms. The molecule has 0 saturated heterocycles. The summed E-state index contributed by atoms with van der Waals surface area (Å²) in [6.07, 6.45) is 0. The van der Waals surface area contributed by atoms with Crippen LogP contribution in [0, 0.1) is 0 Å². The van der Waals surface area contributed by atoms with E-state index in [1.54, 1.807) is 0 Å². The summed E-state index contributed by atoms with van der Waals surface area (Å²) in [5, 5.41) is 9.76. The number of furan rings is 1. The van der Waals surface area contributed by atoms with Gasteiger partial charge in [-0.05, 0) is 121 Å². The van der Waals surface area contributed by atoms with Crippen LogP contribution in [-0.4, -0.2) is 0 Å². The van der Waals surface area contributed by atoms with E-state index >= 15 is 0 Å². The molecule has 1 heterocycles. The maximum absolute atomic E-state index is 6.26. The Kier molecular flexibility index (Phi) is 7.53. The molecule has 2 heteroatoms. The van der Waals surface area contributed by atoms with Gasteiger partial charge >= 0.3 is 0 Å². The van der Waals surface area contributed by atoms with Crippen LogP contribution in [0.3, 0.4) is 0 Å². The minimum Gasteiger partial charge on any atom is -0.456 e. The molecule has 0 spiro atoms. The predicted molar refractivity (Wildman–Crippen MR) is 237 cm³/mol.